The van der Waals surface area contributed by atoms with Crippen molar-refractivity contribution in [1.29, 1.82) is 0 Å². The standard InChI is InChI=1S/C23H37N5O2.HI/c1-4-24-23(26-13-18-6-5-10-27(18)14-15(2)3)25-9-11-28-21(29)19-16-7-8-17(12-16)20(19)22(28)30;/h7-8,15-20H,4-6,9-14H2,1-3H3,(H2,24,25,26);1H/t16?,17?,18-,19?,20?;/m1./s1. The molecule has 0 aromatic heterocycles. The molecular formula is C23H38IN5O2. The van der Waals surface area contributed by atoms with Crippen LogP contribution in [0.5, 0.6) is 0 Å². The maximum absolute atomic E-state index is 12.8. The lowest BCUT2D eigenvalue weighted by atomic mass is 9.85. The number of guanidine groups is 1. The van der Waals surface area contributed by atoms with E-state index >= 15 is 0 Å². The van der Waals surface area contributed by atoms with E-state index in [4.69, 9.17) is 4.99 Å². The maximum Gasteiger partial charge on any atom is 0.233 e. The number of likely N-dealkylation sites (tertiary alicyclic amines) is 2. The van der Waals surface area contributed by atoms with E-state index in [1.165, 1.54) is 24.3 Å². The molecule has 2 bridgehead atoms. The highest BCUT2D eigenvalue weighted by Gasteiger charge is 2.58. The molecule has 8 heteroatoms. The van der Waals surface area contributed by atoms with Gasteiger partial charge in [-0.15, -0.1) is 24.0 Å². The molecule has 1 saturated carbocycles. The summed E-state index contributed by atoms with van der Waals surface area (Å²) < 4.78 is 0. The second-order valence-corrected chi connectivity index (χ2v) is 9.66. The summed E-state index contributed by atoms with van der Waals surface area (Å²) in [6.07, 6.45) is 7.70. The van der Waals surface area contributed by atoms with Gasteiger partial charge in [-0.2, -0.15) is 0 Å². The van der Waals surface area contributed by atoms with Gasteiger partial charge in [0.25, 0.3) is 0 Å². The molecule has 31 heavy (non-hydrogen) atoms. The van der Waals surface area contributed by atoms with Gasteiger partial charge in [0.1, 0.15) is 0 Å². The van der Waals surface area contributed by atoms with Crippen LogP contribution in [0.4, 0.5) is 0 Å². The van der Waals surface area contributed by atoms with Gasteiger partial charge in [0, 0.05) is 32.2 Å². The number of fused-ring (bicyclic) bond motifs is 5. The number of carbonyl (C=O) groups excluding carboxylic acids is 2. The lowest BCUT2D eigenvalue weighted by molar-refractivity contribution is -0.140. The summed E-state index contributed by atoms with van der Waals surface area (Å²) in [5, 5.41) is 6.63. The molecule has 4 aliphatic rings. The zero-order valence-corrected chi connectivity index (χ0v) is 21.4. The number of nitrogens with one attached hydrogen (secondary N) is 2. The van der Waals surface area contributed by atoms with E-state index in [2.05, 4.69) is 48.5 Å². The minimum absolute atomic E-state index is 0. The predicted molar refractivity (Wildman–Crippen MR) is 133 cm³/mol. The number of amides is 2. The summed E-state index contributed by atoms with van der Waals surface area (Å²) in [6.45, 7) is 11.4. The van der Waals surface area contributed by atoms with Crippen molar-refractivity contribution in [3.05, 3.63) is 12.2 Å². The number of imide groups is 1. The Morgan fingerprint density at radius 1 is 1.16 bits per heavy atom. The van der Waals surface area contributed by atoms with E-state index in [0.29, 0.717) is 25.0 Å². The zero-order valence-electron chi connectivity index (χ0n) is 19.0. The number of halogens is 1. The summed E-state index contributed by atoms with van der Waals surface area (Å²) in [4.78, 5) is 34.5. The Kier molecular flexibility index (Phi) is 8.40. The van der Waals surface area contributed by atoms with E-state index in [1.54, 1.807) is 0 Å². The lowest BCUT2D eigenvalue weighted by Crippen LogP contribution is -2.44. The molecule has 4 rings (SSSR count). The summed E-state index contributed by atoms with van der Waals surface area (Å²) in [7, 11) is 0. The SMILES string of the molecule is CCNC(=NC[C@H]1CCCN1CC(C)C)NCCN1C(=O)C2C3C=CC(C3)C2C1=O.I. The Morgan fingerprint density at radius 3 is 2.45 bits per heavy atom. The van der Waals surface area contributed by atoms with Gasteiger partial charge in [-0.05, 0) is 50.5 Å². The van der Waals surface area contributed by atoms with Gasteiger partial charge < -0.3 is 10.6 Å². The predicted octanol–water partition coefficient (Wildman–Crippen LogP) is 2.09. The van der Waals surface area contributed by atoms with Gasteiger partial charge in [0.15, 0.2) is 5.96 Å². The minimum Gasteiger partial charge on any atom is -0.357 e. The van der Waals surface area contributed by atoms with Gasteiger partial charge in [-0.3, -0.25) is 24.4 Å². The first-order valence-electron chi connectivity index (χ1n) is 11.8. The average Bonchev–Trinajstić information content (AvgIpc) is 3.47. The van der Waals surface area contributed by atoms with Crippen LogP contribution in [0.1, 0.15) is 40.0 Å². The van der Waals surface area contributed by atoms with Gasteiger partial charge in [-0.25, -0.2) is 0 Å². The lowest BCUT2D eigenvalue weighted by Gasteiger charge is -2.25. The van der Waals surface area contributed by atoms with Crippen molar-refractivity contribution in [3.63, 3.8) is 0 Å². The number of nitrogens with zero attached hydrogens (tertiary/aromatic N) is 3. The number of allylic oxidation sites excluding steroid dienone is 2. The normalized spacial score (nSPS) is 32.2. The molecule has 0 aromatic carbocycles. The third-order valence-electron chi connectivity index (χ3n) is 7.09. The fourth-order valence-electron chi connectivity index (χ4n) is 5.82. The van der Waals surface area contributed by atoms with Crippen LogP contribution in [0, 0.1) is 29.6 Å². The molecule has 2 aliphatic carbocycles. The summed E-state index contributed by atoms with van der Waals surface area (Å²) in [5.74, 6) is 1.83. The Balaban J connectivity index is 0.00000272. The first-order chi connectivity index (χ1) is 14.5. The molecule has 0 radical (unpaired) electrons. The number of aliphatic imine (C=N–C) groups is 1. The molecule has 3 fully saturated rings. The van der Waals surface area contributed by atoms with E-state index in [1.807, 2.05) is 0 Å². The van der Waals surface area contributed by atoms with Gasteiger partial charge >= 0.3 is 0 Å². The first-order valence-corrected chi connectivity index (χ1v) is 11.8. The summed E-state index contributed by atoms with van der Waals surface area (Å²) >= 11 is 0. The van der Waals surface area contributed by atoms with E-state index in [9.17, 15) is 9.59 Å². The first kappa shape index (κ1) is 24.5. The molecule has 0 spiro atoms. The highest BCUT2D eigenvalue weighted by atomic mass is 127. The number of carbonyl (C=O) groups is 2. The second kappa shape index (κ2) is 10.6. The Labute approximate surface area is 203 Å². The van der Waals surface area contributed by atoms with Crippen molar-refractivity contribution in [1.82, 2.24) is 20.4 Å². The molecule has 2 heterocycles. The van der Waals surface area contributed by atoms with Crippen LogP contribution in [0.3, 0.4) is 0 Å². The van der Waals surface area contributed by atoms with Crippen molar-refractivity contribution < 1.29 is 9.59 Å². The monoisotopic (exact) mass is 543 g/mol. The zero-order chi connectivity index (χ0) is 21.3. The summed E-state index contributed by atoms with van der Waals surface area (Å²) in [6, 6.07) is 0.506. The quantitative estimate of drug-likeness (QED) is 0.161. The van der Waals surface area contributed by atoms with Crippen molar-refractivity contribution >= 4 is 41.8 Å². The third kappa shape index (κ3) is 5.10. The van der Waals surface area contributed by atoms with Crippen molar-refractivity contribution in [2.24, 2.45) is 34.6 Å². The van der Waals surface area contributed by atoms with E-state index in [0.717, 1.165) is 32.0 Å². The minimum atomic E-state index is -0.108. The van der Waals surface area contributed by atoms with Crippen LogP contribution >= 0.6 is 24.0 Å². The van der Waals surface area contributed by atoms with Crippen LogP contribution in [-0.4, -0.2) is 72.9 Å². The molecule has 4 unspecified atom stereocenters. The number of rotatable bonds is 8. The third-order valence-corrected chi connectivity index (χ3v) is 7.09. The molecule has 2 saturated heterocycles. The molecule has 7 nitrogen and oxygen atoms in total. The van der Waals surface area contributed by atoms with Crippen molar-refractivity contribution in [2.75, 3.05) is 39.3 Å². The molecule has 174 valence electrons. The topological polar surface area (TPSA) is 77.0 Å². The molecule has 2 aliphatic heterocycles. The molecule has 5 atom stereocenters. The van der Waals surface area contributed by atoms with E-state index in [-0.39, 0.29) is 59.5 Å². The highest BCUT2D eigenvalue weighted by Crippen LogP contribution is 2.52. The van der Waals surface area contributed by atoms with Gasteiger partial charge in [0.2, 0.25) is 11.8 Å². The largest absolute Gasteiger partial charge is 0.357 e. The Morgan fingerprint density at radius 2 is 1.84 bits per heavy atom. The highest BCUT2D eigenvalue weighted by molar-refractivity contribution is 14.0. The molecule has 2 amide bonds. The van der Waals surface area contributed by atoms with Crippen LogP contribution < -0.4 is 10.6 Å². The fraction of sp³-hybridized carbons (Fsp3) is 0.783. The van der Waals surface area contributed by atoms with Gasteiger partial charge in [-0.1, -0.05) is 26.0 Å². The van der Waals surface area contributed by atoms with Crippen LogP contribution in [-0.2, 0) is 9.59 Å². The molecule has 0 aromatic rings. The Bertz CT molecular complexity index is 695. The van der Waals surface area contributed by atoms with Crippen molar-refractivity contribution in [3.8, 4) is 0 Å². The van der Waals surface area contributed by atoms with Crippen LogP contribution in [0.15, 0.2) is 17.1 Å². The maximum atomic E-state index is 12.8. The fourth-order valence-corrected chi connectivity index (χ4v) is 5.82. The van der Waals surface area contributed by atoms with Crippen LogP contribution in [0.25, 0.3) is 0 Å². The number of hydrogen-bond acceptors (Lipinski definition) is 4. The smallest absolute Gasteiger partial charge is 0.233 e. The average molecular weight is 543 g/mol. The second-order valence-electron chi connectivity index (χ2n) is 9.66. The number of hydrogen-bond donors (Lipinski definition) is 2. The molecule has 2 N–H and O–H groups in total. The van der Waals surface area contributed by atoms with Crippen molar-refractivity contribution in [2.45, 2.75) is 46.1 Å². The summed E-state index contributed by atoms with van der Waals surface area (Å²) in [5.41, 5.74) is 0. The Hall–Kier alpha value is -1.16. The van der Waals surface area contributed by atoms with Gasteiger partial charge in [0.05, 0.1) is 18.4 Å². The van der Waals surface area contributed by atoms with E-state index < -0.39 is 0 Å². The van der Waals surface area contributed by atoms with Crippen LogP contribution in [0.2, 0.25) is 0 Å². The molecular weight excluding hydrogens is 505 g/mol.